The molecule has 0 aliphatic carbocycles. The van der Waals surface area contributed by atoms with Crippen LogP contribution in [-0.4, -0.2) is 17.5 Å². The lowest BCUT2D eigenvalue weighted by atomic mass is 9.96. The molecule has 1 aromatic heterocycles. The van der Waals surface area contributed by atoms with Crippen LogP contribution >= 0.6 is 11.3 Å². The van der Waals surface area contributed by atoms with Crippen LogP contribution in [0.1, 0.15) is 40.9 Å². The molecule has 2 aromatic rings. The SMILES string of the molecule is Cc1nc(C(C)C)sc1CNC(=O)[C@@H]1COc2ccccc2C1. The number of hydrogen-bond acceptors (Lipinski definition) is 4. The Kier molecular flexibility index (Phi) is 4.66. The summed E-state index contributed by atoms with van der Waals surface area (Å²) in [6.07, 6.45) is 0.737. The van der Waals surface area contributed by atoms with Crippen molar-refractivity contribution in [2.24, 2.45) is 5.92 Å². The molecule has 0 radical (unpaired) electrons. The van der Waals surface area contributed by atoms with Crippen LogP contribution in [0.2, 0.25) is 0 Å². The summed E-state index contributed by atoms with van der Waals surface area (Å²) in [6.45, 7) is 7.27. The molecule has 0 saturated heterocycles. The van der Waals surface area contributed by atoms with Crippen molar-refractivity contribution in [2.75, 3.05) is 6.61 Å². The lowest BCUT2D eigenvalue weighted by Crippen LogP contribution is -2.37. The highest BCUT2D eigenvalue weighted by molar-refractivity contribution is 7.11. The minimum Gasteiger partial charge on any atom is -0.492 e. The fraction of sp³-hybridized carbons (Fsp3) is 0.444. The Labute approximate surface area is 140 Å². The van der Waals surface area contributed by atoms with Crippen molar-refractivity contribution in [1.82, 2.24) is 10.3 Å². The van der Waals surface area contributed by atoms with E-state index in [0.717, 1.165) is 33.3 Å². The zero-order chi connectivity index (χ0) is 16.4. The molecule has 0 bridgehead atoms. The van der Waals surface area contributed by atoms with E-state index in [1.165, 1.54) is 0 Å². The maximum atomic E-state index is 12.4. The maximum absolute atomic E-state index is 12.4. The van der Waals surface area contributed by atoms with Gasteiger partial charge in [-0.15, -0.1) is 11.3 Å². The fourth-order valence-corrected chi connectivity index (χ4v) is 3.68. The number of amides is 1. The van der Waals surface area contributed by atoms with Crippen LogP contribution in [-0.2, 0) is 17.8 Å². The molecule has 0 saturated carbocycles. The number of para-hydroxylation sites is 1. The van der Waals surface area contributed by atoms with Crippen molar-refractivity contribution in [1.29, 1.82) is 0 Å². The van der Waals surface area contributed by atoms with Crippen LogP contribution < -0.4 is 10.1 Å². The number of carbonyl (C=O) groups excluding carboxylic acids is 1. The van der Waals surface area contributed by atoms with Crippen LogP contribution in [0, 0.1) is 12.8 Å². The van der Waals surface area contributed by atoms with E-state index in [4.69, 9.17) is 4.74 Å². The molecule has 1 aliphatic rings. The van der Waals surface area contributed by atoms with E-state index < -0.39 is 0 Å². The molecular weight excluding hydrogens is 308 g/mol. The highest BCUT2D eigenvalue weighted by Gasteiger charge is 2.25. The second kappa shape index (κ2) is 6.71. The first-order chi connectivity index (χ1) is 11.0. The van der Waals surface area contributed by atoms with Gasteiger partial charge in [0, 0.05) is 10.8 Å². The lowest BCUT2D eigenvalue weighted by Gasteiger charge is -2.24. The average Bonchev–Trinajstić information content (AvgIpc) is 2.93. The van der Waals surface area contributed by atoms with Crippen LogP contribution in [0.3, 0.4) is 0 Å². The Morgan fingerprint density at radius 2 is 2.22 bits per heavy atom. The summed E-state index contributed by atoms with van der Waals surface area (Å²) in [5.41, 5.74) is 2.12. The topological polar surface area (TPSA) is 51.2 Å². The smallest absolute Gasteiger partial charge is 0.227 e. The minimum atomic E-state index is -0.123. The zero-order valence-electron chi connectivity index (χ0n) is 13.8. The van der Waals surface area contributed by atoms with E-state index in [-0.39, 0.29) is 11.8 Å². The number of thiazole rings is 1. The third-order valence-corrected chi connectivity index (χ3v) is 5.53. The van der Waals surface area contributed by atoms with Crippen molar-refractivity contribution < 1.29 is 9.53 Å². The molecular formula is C18H22N2O2S. The van der Waals surface area contributed by atoms with Crippen molar-refractivity contribution >= 4 is 17.2 Å². The van der Waals surface area contributed by atoms with E-state index in [2.05, 4.69) is 24.1 Å². The summed E-state index contributed by atoms with van der Waals surface area (Å²) in [6, 6.07) is 7.92. The molecule has 1 N–H and O–H groups in total. The van der Waals surface area contributed by atoms with Gasteiger partial charge in [0.1, 0.15) is 12.4 Å². The Bertz CT molecular complexity index is 709. The minimum absolute atomic E-state index is 0.0541. The quantitative estimate of drug-likeness (QED) is 0.934. The van der Waals surface area contributed by atoms with Crippen LogP contribution in [0.4, 0.5) is 0 Å². The molecule has 0 unspecified atom stereocenters. The van der Waals surface area contributed by atoms with Gasteiger partial charge in [0.25, 0.3) is 0 Å². The summed E-state index contributed by atoms with van der Waals surface area (Å²) in [4.78, 5) is 18.1. The summed E-state index contributed by atoms with van der Waals surface area (Å²) in [5.74, 6) is 1.25. The van der Waals surface area contributed by atoms with Gasteiger partial charge in [-0.3, -0.25) is 4.79 Å². The first-order valence-electron chi connectivity index (χ1n) is 7.99. The molecule has 1 atom stereocenters. The first-order valence-corrected chi connectivity index (χ1v) is 8.81. The molecule has 23 heavy (non-hydrogen) atoms. The lowest BCUT2D eigenvalue weighted by molar-refractivity contribution is -0.126. The molecule has 3 rings (SSSR count). The van der Waals surface area contributed by atoms with Gasteiger partial charge in [0.15, 0.2) is 0 Å². The number of nitrogens with zero attached hydrogens (tertiary/aromatic N) is 1. The first kappa shape index (κ1) is 16.0. The largest absolute Gasteiger partial charge is 0.492 e. The van der Waals surface area contributed by atoms with E-state index in [0.29, 0.717) is 19.1 Å². The van der Waals surface area contributed by atoms with Crippen LogP contribution in [0.15, 0.2) is 24.3 Å². The number of ether oxygens (including phenoxy) is 1. The van der Waals surface area contributed by atoms with E-state index >= 15 is 0 Å². The summed E-state index contributed by atoms with van der Waals surface area (Å²) >= 11 is 1.69. The second-order valence-electron chi connectivity index (χ2n) is 6.25. The molecule has 2 heterocycles. The summed E-state index contributed by atoms with van der Waals surface area (Å²) in [7, 11) is 0. The number of rotatable bonds is 4. The third-order valence-electron chi connectivity index (χ3n) is 4.08. The van der Waals surface area contributed by atoms with Gasteiger partial charge in [-0.05, 0) is 25.0 Å². The molecule has 122 valence electrons. The normalized spacial score (nSPS) is 16.8. The van der Waals surface area contributed by atoms with E-state index in [1.807, 2.05) is 31.2 Å². The monoisotopic (exact) mass is 330 g/mol. The molecule has 1 aromatic carbocycles. The van der Waals surface area contributed by atoms with E-state index in [1.54, 1.807) is 11.3 Å². The molecule has 5 heteroatoms. The molecule has 0 fully saturated rings. The maximum Gasteiger partial charge on any atom is 0.227 e. The Morgan fingerprint density at radius 3 is 2.96 bits per heavy atom. The van der Waals surface area contributed by atoms with Crippen molar-refractivity contribution in [3.8, 4) is 5.75 Å². The average molecular weight is 330 g/mol. The standard InChI is InChI=1S/C18H22N2O2S/c1-11(2)18-20-12(3)16(23-18)9-19-17(21)14-8-13-6-4-5-7-15(13)22-10-14/h4-7,11,14H,8-10H2,1-3H3,(H,19,21)/t14-/m0/s1. The Morgan fingerprint density at radius 1 is 1.43 bits per heavy atom. The van der Waals surface area contributed by atoms with Gasteiger partial charge in [-0.25, -0.2) is 4.98 Å². The van der Waals surface area contributed by atoms with Crippen LogP contribution in [0.5, 0.6) is 5.75 Å². The number of aromatic nitrogens is 1. The van der Waals surface area contributed by atoms with Gasteiger partial charge in [-0.2, -0.15) is 0 Å². The Balaban J connectivity index is 1.60. The van der Waals surface area contributed by atoms with Gasteiger partial charge < -0.3 is 10.1 Å². The number of benzene rings is 1. The highest BCUT2D eigenvalue weighted by atomic mass is 32.1. The number of fused-ring (bicyclic) bond motifs is 1. The number of hydrogen-bond donors (Lipinski definition) is 1. The van der Waals surface area contributed by atoms with Gasteiger partial charge in [0.2, 0.25) is 5.91 Å². The molecule has 4 nitrogen and oxygen atoms in total. The van der Waals surface area contributed by atoms with Crippen molar-refractivity contribution in [3.05, 3.63) is 45.4 Å². The third kappa shape index (κ3) is 3.55. The molecule has 1 aliphatic heterocycles. The highest BCUT2D eigenvalue weighted by Crippen LogP contribution is 2.27. The van der Waals surface area contributed by atoms with Crippen LogP contribution in [0.25, 0.3) is 0 Å². The van der Waals surface area contributed by atoms with Gasteiger partial charge in [0.05, 0.1) is 23.2 Å². The number of aryl methyl sites for hydroxylation is 1. The number of carbonyl (C=O) groups is 1. The number of nitrogens with one attached hydrogen (secondary N) is 1. The van der Waals surface area contributed by atoms with Gasteiger partial charge in [-0.1, -0.05) is 32.0 Å². The molecule has 1 amide bonds. The zero-order valence-corrected chi connectivity index (χ0v) is 14.6. The summed E-state index contributed by atoms with van der Waals surface area (Å²) in [5, 5.41) is 4.17. The Hall–Kier alpha value is -1.88. The predicted molar refractivity (Wildman–Crippen MR) is 91.9 cm³/mol. The summed E-state index contributed by atoms with van der Waals surface area (Å²) < 4.78 is 5.70. The van der Waals surface area contributed by atoms with Gasteiger partial charge >= 0.3 is 0 Å². The van der Waals surface area contributed by atoms with Crippen molar-refractivity contribution in [3.63, 3.8) is 0 Å². The van der Waals surface area contributed by atoms with E-state index in [9.17, 15) is 4.79 Å². The molecule has 0 spiro atoms. The second-order valence-corrected chi connectivity index (χ2v) is 7.37. The fourth-order valence-electron chi connectivity index (χ4n) is 2.67. The van der Waals surface area contributed by atoms with Crippen molar-refractivity contribution in [2.45, 2.75) is 39.7 Å². The predicted octanol–water partition coefficient (Wildman–Crippen LogP) is 3.44.